The van der Waals surface area contributed by atoms with Crippen molar-refractivity contribution in [1.29, 1.82) is 0 Å². The van der Waals surface area contributed by atoms with Gasteiger partial charge in [-0.15, -0.1) is 8.78 Å². The van der Waals surface area contributed by atoms with Crippen molar-refractivity contribution in [3.63, 3.8) is 0 Å². The first-order valence-corrected chi connectivity index (χ1v) is 6.15. The van der Waals surface area contributed by atoms with Gasteiger partial charge in [0.05, 0.1) is 11.9 Å². The van der Waals surface area contributed by atoms with E-state index in [0.717, 1.165) is 11.1 Å². The van der Waals surface area contributed by atoms with Gasteiger partial charge in [-0.1, -0.05) is 0 Å². The van der Waals surface area contributed by atoms with E-state index in [1.807, 2.05) is 13.8 Å². The molecule has 2 aromatic rings. The van der Waals surface area contributed by atoms with Crippen LogP contribution in [0.5, 0.6) is 11.5 Å². The van der Waals surface area contributed by atoms with Crippen molar-refractivity contribution in [2.75, 3.05) is 0 Å². The summed E-state index contributed by atoms with van der Waals surface area (Å²) < 4.78 is 34.7. The summed E-state index contributed by atoms with van der Waals surface area (Å²) in [6, 6.07) is 4.57. The molecule has 2 heterocycles. The highest BCUT2D eigenvalue weighted by atomic mass is 19.3. The number of nitrogens with zero attached hydrogens (tertiary/aromatic N) is 2. The van der Waals surface area contributed by atoms with E-state index < -0.39 is 6.29 Å². The van der Waals surface area contributed by atoms with Crippen LogP contribution in [0.3, 0.4) is 0 Å². The first-order chi connectivity index (χ1) is 10.4. The monoisotopic (exact) mass is 310 g/mol. The normalized spacial score (nSPS) is 14.0. The van der Waals surface area contributed by atoms with Crippen molar-refractivity contribution < 1.29 is 28.2 Å². The number of carboxylic acid groups (broad SMARTS) is 1. The van der Waals surface area contributed by atoms with Gasteiger partial charge in [-0.2, -0.15) is 10.2 Å². The fourth-order valence-electron chi connectivity index (χ4n) is 1.90. The van der Waals surface area contributed by atoms with Gasteiger partial charge in [-0.25, -0.2) is 0 Å². The third-order valence-electron chi connectivity index (χ3n) is 3.03. The average Bonchev–Trinajstić information content (AvgIpc) is 2.75. The maximum absolute atomic E-state index is 12.9. The second-order valence-corrected chi connectivity index (χ2v) is 4.44. The maximum atomic E-state index is 12.9. The third-order valence-corrected chi connectivity index (χ3v) is 3.03. The van der Waals surface area contributed by atoms with E-state index in [-0.39, 0.29) is 18.0 Å². The molecule has 1 aliphatic rings. The van der Waals surface area contributed by atoms with Crippen LogP contribution in [0, 0.1) is 13.8 Å². The van der Waals surface area contributed by atoms with Crippen molar-refractivity contribution >= 4 is 6.47 Å². The molecule has 1 N–H and O–H groups in total. The number of aromatic nitrogens is 2. The van der Waals surface area contributed by atoms with E-state index in [4.69, 9.17) is 9.90 Å². The molecule has 0 radical (unpaired) electrons. The molecular weight excluding hydrogens is 298 g/mol. The highest BCUT2D eigenvalue weighted by Gasteiger charge is 2.43. The molecule has 0 saturated heterocycles. The maximum Gasteiger partial charge on any atom is 0.586 e. The number of alkyl halides is 2. The fourth-order valence-corrected chi connectivity index (χ4v) is 1.90. The van der Waals surface area contributed by atoms with Gasteiger partial charge in [0.25, 0.3) is 6.47 Å². The van der Waals surface area contributed by atoms with Gasteiger partial charge in [-0.3, -0.25) is 4.79 Å². The molecule has 0 aliphatic carbocycles. The topological polar surface area (TPSA) is 81.5 Å². The summed E-state index contributed by atoms with van der Waals surface area (Å²) in [6.07, 6.45) is -1.95. The number of hydrogen-bond donors (Lipinski definition) is 1. The largest absolute Gasteiger partial charge is 0.586 e. The summed E-state index contributed by atoms with van der Waals surface area (Å²) in [5.74, 6) is 0.0252. The molecule has 0 unspecified atom stereocenters. The number of aryl methyl sites for hydroxylation is 1. The molecule has 3 rings (SSSR count). The van der Waals surface area contributed by atoms with Crippen molar-refractivity contribution in [3.05, 3.63) is 35.5 Å². The number of benzene rings is 1. The number of hydrogen-bond acceptors (Lipinski definition) is 5. The van der Waals surface area contributed by atoms with Crippen molar-refractivity contribution in [3.8, 4) is 22.8 Å². The lowest BCUT2D eigenvalue weighted by Gasteiger charge is -2.06. The van der Waals surface area contributed by atoms with Crippen LogP contribution in [0.25, 0.3) is 11.3 Å². The summed E-state index contributed by atoms with van der Waals surface area (Å²) in [5, 5.41) is 14.8. The molecule has 8 heteroatoms. The van der Waals surface area contributed by atoms with Crippen molar-refractivity contribution in [1.82, 2.24) is 10.2 Å². The lowest BCUT2D eigenvalue weighted by atomic mass is 10.0. The van der Waals surface area contributed by atoms with E-state index >= 15 is 0 Å². The number of carbonyl (C=O) groups is 1. The SMILES string of the molecule is Cc1cnnc(-c2ccc3c(c2)OC(F)(F)O3)c1C.O=CO. The molecule has 1 aromatic heterocycles. The molecule has 6 nitrogen and oxygen atoms in total. The quantitative estimate of drug-likeness (QED) is 0.816. The molecule has 0 spiro atoms. The first-order valence-electron chi connectivity index (χ1n) is 6.15. The Morgan fingerprint density at radius 2 is 1.86 bits per heavy atom. The Morgan fingerprint density at radius 1 is 1.23 bits per heavy atom. The zero-order chi connectivity index (χ0) is 16.3. The standard InChI is InChI=1S/C13H10F2N2O2.CH2O2/c1-7-6-16-17-12(8(7)2)9-3-4-10-11(5-9)19-13(14,15)18-10;2-1-3/h3-6H,1-2H3;1H,(H,2,3). The van der Waals surface area contributed by atoms with Gasteiger partial charge in [0.1, 0.15) is 0 Å². The zero-order valence-electron chi connectivity index (χ0n) is 11.7. The zero-order valence-corrected chi connectivity index (χ0v) is 11.7. The predicted molar refractivity (Wildman–Crippen MR) is 71.8 cm³/mol. The lowest BCUT2D eigenvalue weighted by molar-refractivity contribution is -0.286. The lowest BCUT2D eigenvalue weighted by Crippen LogP contribution is -2.25. The Balaban J connectivity index is 0.000000545. The number of fused-ring (bicyclic) bond motifs is 1. The molecule has 1 aliphatic heterocycles. The summed E-state index contributed by atoms with van der Waals surface area (Å²) in [6.45, 7) is 3.56. The van der Waals surface area contributed by atoms with Gasteiger partial charge >= 0.3 is 6.29 Å². The van der Waals surface area contributed by atoms with Crippen LogP contribution in [0.4, 0.5) is 8.78 Å². The fraction of sp³-hybridized carbons (Fsp3) is 0.214. The van der Waals surface area contributed by atoms with Crippen LogP contribution in [-0.4, -0.2) is 28.1 Å². The minimum absolute atomic E-state index is 0.00482. The summed E-state index contributed by atoms with van der Waals surface area (Å²) in [5.41, 5.74) is 3.23. The Bertz CT molecular complexity index is 707. The van der Waals surface area contributed by atoms with Gasteiger partial charge in [0.2, 0.25) is 0 Å². The molecule has 1 aromatic carbocycles. The van der Waals surface area contributed by atoms with Crippen LogP contribution in [-0.2, 0) is 4.79 Å². The molecule has 0 atom stereocenters. The molecular formula is C14H12F2N2O4. The van der Waals surface area contributed by atoms with Crippen LogP contribution < -0.4 is 9.47 Å². The molecule has 22 heavy (non-hydrogen) atoms. The summed E-state index contributed by atoms with van der Waals surface area (Å²) in [7, 11) is 0. The first kappa shape index (κ1) is 15.6. The van der Waals surface area contributed by atoms with E-state index in [2.05, 4.69) is 19.7 Å². The third kappa shape index (κ3) is 3.11. The molecule has 0 saturated carbocycles. The van der Waals surface area contributed by atoms with Crippen LogP contribution >= 0.6 is 0 Å². The second kappa shape index (κ2) is 5.92. The minimum atomic E-state index is -3.60. The number of ether oxygens (including phenoxy) is 2. The van der Waals surface area contributed by atoms with E-state index in [1.165, 1.54) is 12.1 Å². The molecule has 0 fully saturated rings. The Labute approximate surface area is 124 Å². The second-order valence-electron chi connectivity index (χ2n) is 4.44. The molecule has 0 amide bonds. The average molecular weight is 310 g/mol. The van der Waals surface area contributed by atoms with Crippen molar-refractivity contribution in [2.24, 2.45) is 0 Å². The van der Waals surface area contributed by atoms with E-state index in [9.17, 15) is 8.78 Å². The highest BCUT2D eigenvalue weighted by molar-refractivity contribution is 5.67. The summed E-state index contributed by atoms with van der Waals surface area (Å²) >= 11 is 0. The van der Waals surface area contributed by atoms with Crippen LogP contribution in [0.1, 0.15) is 11.1 Å². The highest BCUT2D eigenvalue weighted by Crippen LogP contribution is 2.42. The Kier molecular flexibility index (Phi) is 4.20. The van der Waals surface area contributed by atoms with Gasteiger partial charge in [0.15, 0.2) is 11.5 Å². The van der Waals surface area contributed by atoms with Crippen molar-refractivity contribution in [2.45, 2.75) is 20.1 Å². The Hall–Kier alpha value is -2.77. The smallest absolute Gasteiger partial charge is 0.483 e. The van der Waals surface area contributed by atoms with Crippen LogP contribution in [0.2, 0.25) is 0 Å². The summed E-state index contributed by atoms with van der Waals surface area (Å²) in [4.78, 5) is 8.36. The number of rotatable bonds is 1. The van der Waals surface area contributed by atoms with Gasteiger partial charge in [0, 0.05) is 5.56 Å². The minimum Gasteiger partial charge on any atom is -0.483 e. The van der Waals surface area contributed by atoms with E-state index in [0.29, 0.717) is 11.3 Å². The number of halogens is 2. The Morgan fingerprint density at radius 3 is 2.55 bits per heavy atom. The molecule has 0 bridgehead atoms. The van der Waals surface area contributed by atoms with Gasteiger partial charge in [-0.05, 0) is 43.2 Å². The van der Waals surface area contributed by atoms with Gasteiger partial charge < -0.3 is 14.6 Å². The van der Waals surface area contributed by atoms with Crippen LogP contribution in [0.15, 0.2) is 24.4 Å². The molecule has 116 valence electrons. The predicted octanol–water partition coefficient (Wildman–Crippen LogP) is 2.78. The van der Waals surface area contributed by atoms with E-state index in [1.54, 1.807) is 12.3 Å².